The van der Waals surface area contributed by atoms with Crippen molar-refractivity contribution in [3.63, 3.8) is 0 Å². The topological polar surface area (TPSA) is 21.3 Å². The fourth-order valence-corrected chi connectivity index (χ4v) is 1.72. The molecule has 0 radical (unpaired) electrons. The van der Waals surface area contributed by atoms with E-state index in [2.05, 4.69) is 19.2 Å². The number of methoxy groups -OCH3 is 1. The quantitative estimate of drug-likeness (QED) is 0.666. The van der Waals surface area contributed by atoms with Gasteiger partial charge in [-0.3, -0.25) is 0 Å². The van der Waals surface area contributed by atoms with Crippen LogP contribution in [0.1, 0.15) is 20.3 Å². The Morgan fingerprint density at radius 2 is 2.18 bits per heavy atom. The van der Waals surface area contributed by atoms with Crippen molar-refractivity contribution >= 4 is 0 Å². The largest absolute Gasteiger partial charge is 0.381 e. The molecule has 1 aliphatic rings. The molecule has 0 aromatic rings. The van der Waals surface area contributed by atoms with Crippen LogP contribution < -0.4 is 5.32 Å². The van der Waals surface area contributed by atoms with Gasteiger partial charge in [0, 0.05) is 7.11 Å². The van der Waals surface area contributed by atoms with Gasteiger partial charge in [-0.15, -0.1) is 0 Å². The summed E-state index contributed by atoms with van der Waals surface area (Å²) in [5.74, 6) is 1.51. The van der Waals surface area contributed by atoms with Crippen LogP contribution in [-0.4, -0.2) is 26.3 Å². The van der Waals surface area contributed by atoms with E-state index < -0.39 is 0 Å². The Hall–Kier alpha value is -0.0800. The van der Waals surface area contributed by atoms with Gasteiger partial charge in [0.1, 0.15) is 0 Å². The first-order chi connectivity index (χ1) is 5.25. The summed E-state index contributed by atoms with van der Waals surface area (Å²) in [4.78, 5) is 0. The highest BCUT2D eigenvalue weighted by Gasteiger charge is 2.25. The van der Waals surface area contributed by atoms with Crippen molar-refractivity contribution in [3.05, 3.63) is 0 Å². The summed E-state index contributed by atoms with van der Waals surface area (Å²) in [6.07, 6.45) is 1.72. The number of nitrogens with one attached hydrogen (secondary N) is 1. The molecule has 0 aliphatic carbocycles. The van der Waals surface area contributed by atoms with E-state index in [1.165, 1.54) is 19.5 Å². The number of hydrogen-bond donors (Lipinski definition) is 1. The van der Waals surface area contributed by atoms with E-state index in [1.54, 1.807) is 7.11 Å². The fraction of sp³-hybridized carbons (Fsp3) is 1.00. The zero-order valence-electron chi connectivity index (χ0n) is 7.76. The predicted octanol–water partition coefficient (Wildman–Crippen LogP) is 1.27. The van der Waals surface area contributed by atoms with Gasteiger partial charge >= 0.3 is 0 Å². The van der Waals surface area contributed by atoms with Crippen molar-refractivity contribution in [3.8, 4) is 0 Å². The van der Waals surface area contributed by atoms with Crippen molar-refractivity contribution < 1.29 is 4.74 Å². The molecule has 2 nitrogen and oxygen atoms in total. The highest BCUT2D eigenvalue weighted by molar-refractivity contribution is 4.78. The summed E-state index contributed by atoms with van der Waals surface area (Å²) in [5, 5.41) is 3.38. The van der Waals surface area contributed by atoms with Gasteiger partial charge in [-0.05, 0) is 38.3 Å². The maximum absolute atomic E-state index is 5.30. The monoisotopic (exact) mass is 157 g/mol. The average Bonchev–Trinajstić information content (AvgIpc) is 2.53. The molecule has 0 aromatic carbocycles. The molecule has 11 heavy (non-hydrogen) atoms. The molecule has 1 aliphatic heterocycles. The zero-order valence-corrected chi connectivity index (χ0v) is 7.76. The molecule has 0 spiro atoms. The van der Waals surface area contributed by atoms with Crippen LogP contribution in [0.5, 0.6) is 0 Å². The summed E-state index contributed by atoms with van der Waals surface area (Å²) in [7, 11) is 1.80. The molecule has 0 aromatic heterocycles. The minimum absolute atomic E-state index is 0.403. The molecule has 3 unspecified atom stereocenters. The molecule has 0 amide bonds. The molecule has 1 fully saturated rings. The summed E-state index contributed by atoms with van der Waals surface area (Å²) < 4.78 is 5.30. The van der Waals surface area contributed by atoms with Crippen LogP contribution in [0.3, 0.4) is 0 Å². The lowest BCUT2D eigenvalue weighted by atomic mass is 9.89. The van der Waals surface area contributed by atoms with E-state index in [0.717, 1.165) is 5.92 Å². The summed E-state index contributed by atoms with van der Waals surface area (Å²) >= 11 is 0. The van der Waals surface area contributed by atoms with Crippen LogP contribution in [0.15, 0.2) is 0 Å². The second-order valence-corrected chi connectivity index (χ2v) is 3.55. The lowest BCUT2D eigenvalue weighted by Crippen LogP contribution is -2.26. The first kappa shape index (κ1) is 9.01. The van der Waals surface area contributed by atoms with Gasteiger partial charge in [0.25, 0.3) is 0 Å². The van der Waals surface area contributed by atoms with Crippen LogP contribution in [0, 0.1) is 11.8 Å². The smallest absolute Gasteiger partial charge is 0.0571 e. The summed E-state index contributed by atoms with van der Waals surface area (Å²) in [5.41, 5.74) is 0. The van der Waals surface area contributed by atoms with Gasteiger partial charge in [0.05, 0.1) is 6.10 Å². The Morgan fingerprint density at radius 1 is 1.45 bits per heavy atom. The van der Waals surface area contributed by atoms with Gasteiger partial charge < -0.3 is 10.1 Å². The molecule has 1 rings (SSSR count). The molecule has 1 N–H and O–H groups in total. The van der Waals surface area contributed by atoms with E-state index in [1.807, 2.05) is 0 Å². The first-order valence-corrected chi connectivity index (χ1v) is 4.49. The van der Waals surface area contributed by atoms with Crippen molar-refractivity contribution in [1.29, 1.82) is 0 Å². The third-order valence-corrected chi connectivity index (χ3v) is 2.95. The van der Waals surface area contributed by atoms with Crippen molar-refractivity contribution in [1.82, 2.24) is 5.32 Å². The number of hydrogen-bond acceptors (Lipinski definition) is 2. The van der Waals surface area contributed by atoms with Crippen molar-refractivity contribution in [2.45, 2.75) is 26.4 Å². The van der Waals surface area contributed by atoms with E-state index >= 15 is 0 Å². The second kappa shape index (κ2) is 4.07. The molecule has 2 heteroatoms. The lowest BCUT2D eigenvalue weighted by Gasteiger charge is -2.23. The van der Waals surface area contributed by atoms with E-state index in [-0.39, 0.29) is 0 Å². The summed E-state index contributed by atoms with van der Waals surface area (Å²) in [6.45, 7) is 6.80. The third-order valence-electron chi connectivity index (χ3n) is 2.95. The van der Waals surface area contributed by atoms with Crippen LogP contribution in [0.25, 0.3) is 0 Å². The molecule has 3 atom stereocenters. The van der Waals surface area contributed by atoms with Gasteiger partial charge in [-0.25, -0.2) is 0 Å². The Balaban J connectivity index is 2.32. The maximum atomic E-state index is 5.30. The first-order valence-electron chi connectivity index (χ1n) is 4.49. The second-order valence-electron chi connectivity index (χ2n) is 3.55. The summed E-state index contributed by atoms with van der Waals surface area (Å²) in [6, 6.07) is 0. The minimum atomic E-state index is 0.403. The van der Waals surface area contributed by atoms with Crippen LogP contribution in [0.2, 0.25) is 0 Å². The Bertz CT molecular complexity index is 110. The fourth-order valence-electron chi connectivity index (χ4n) is 1.72. The molecule has 1 saturated heterocycles. The predicted molar refractivity (Wildman–Crippen MR) is 46.6 cm³/mol. The normalized spacial score (nSPS) is 30.3. The highest BCUT2D eigenvalue weighted by atomic mass is 16.5. The van der Waals surface area contributed by atoms with Gasteiger partial charge in [-0.1, -0.05) is 6.92 Å². The van der Waals surface area contributed by atoms with Crippen LogP contribution in [0.4, 0.5) is 0 Å². The zero-order chi connectivity index (χ0) is 8.27. The minimum Gasteiger partial charge on any atom is -0.381 e. The van der Waals surface area contributed by atoms with E-state index in [4.69, 9.17) is 4.74 Å². The van der Waals surface area contributed by atoms with E-state index in [0.29, 0.717) is 12.0 Å². The third kappa shape index (κ3) is 2.17. The Labute approximate surface area is 69.3 Å². The Kier molecular flexibility index (Phi) is 3.34. The maximum Gasteiger partial charge on any atom is 0.0571 e. The van der Waals surface area contributed by atoms with Crippen LogP contribution in [-0.2, 0) is 4.74 Å². The molecule has 0 saturated carbocycles. The molecular formula is C9H19NO. The van der Waals surface area contributed by atoms with E-state index in [9.17, 15) is 0 Å². The standard InChI is InChI=1S/C9H19NO/c1-7(8(2)11-3)9-4-5-10-6-9/h7-10H,4-6H2,1-3H3. The molecule has 0 bridgehead atoms. The van der Waals surface area contributed by atoms with Gasteiger partial charge in [0.2, 0.25) is 0 Å². The average molecular weight is 157 g/mol. The molecule has 1 heterocycles. The van der Waals surface area contributed by atoms with Crippen LogP contribution >= 0.6 is 0 Å². The number of rotatable bonds is 3. The van der Waals surface area contributed by atoms with Crippen molar-refractivity contribution in [2.24, 2.45) is 11.8 Å². The SMILES string of the molecule is COC(C)C(C)C1CCNC1. The highest BCUT2D eigenvalue weighted by Crippen LogP contribution is 2.22. The Morgan fingerprint density at radius 3 is 2.64 bits per heavy atom. The van der Waals surface area contributed by atoms with Gasteiger partial charge in [0.15, 0.2) is 0 Å². The van der Waals surface area contributed by atoms with Gasteiger partial charge in [-0.2, -0.15) is 0 Å². The van der Waals surface area contributed by atoms with Crippen molar-refractivity contribution in [2.75, 3.05) is 20.2 Å². The number of ether oxygens (including phenoxy) is 1. The lowest BCUT2D eigenvalue weighted by molar-refractivity contribution is 0.0523. The molecular weight excluding hydrogens is 138 g/mol. The molecule has 66 valence electrons.